The molecule has 0 N–H and O–H groups in total. The van der Waals surface area contributed by atoms with Crippen LogP contribution in [0.1, 0.15) is 16.7 Å². The summed E-state index contributed by atoms with van der Waals surface area (Å²) in [5, 5.41) is 1.03. The maximum Gasteiger partial charge on any atom is 0.257 e. The minimum absolute atomic E-state index is 0.00382. The van der Waals surface area contributed by atoms with Gasteiger partial charge in [0.15, 0.2) is 0 Å². The van der Waals surface area contributed by atoms with Crippen molar-refractivity contribution in [1.82, 2.24) is 9.55 Å². The number of hydrogen-bond donors (Lipinski definition) is 0. The van der Waals surface area contributed by atoms with E-state index in [2.05, 4.69) is 9.98 Å². The van der Waals surface area contributed by atoms with Crippen LogP contribution in [-0.2, 0) is 19.5 Å². The summed E-state index contributed by atoms with van der Waals surface area (Å²) in [6.07, 6.45) is 4.29. The third kappa shape index (κ3) is 2.38. The first kappa shape index (κ1) is 14.6. The summed E-state index contributed by atoms with van der Waals surface area (Å²) in [5.74, 6) is 0.778. The molecular weight excluding hydrogens is 302 g/mol. The summed E-state index contributed by atoms with van der Waals surface area (Å²) in [6.45, 7) is 0.900. The summed E-state index contributed by atoms with van der Waals surface area (Å²) >= 11 is 0. The molecule has 0 bridgehead atoms. The van der Waals surface area contributed by atoms with E-state index in [-0.39, 0.29) is 5.56 Å². The Balaban J connectivity index is 1.92. The van der Waals surface area contributed by atoms with Crippen molar-refractivity contribution in [3.05, 3.63) is 69.6 Å². The highest BCUT2D eigenvalue weighted by Gasteiger charge is 2.18. The van der Waals surface area contributed by atoms with Gasteiger partial charge in [-0.25, -0.2) is 4.98 Å². The van der Waals surface area contributed by atoms with Gasteiger partial charge in [0.1, 0.15) is 11.4 Å². The summed E-state index contributed by atoms with van der Waals surface area (Å²) in [5.41, 5.74) is 3.55. The second-order valence-electron chi connectivity index (χ2n) is 5.80. The number of nitrogens with zero attached hydrogens (tertiary/aromatic N) is 3. The van der Waals surface area contributed by atoms with Crippen LogP contribution in [0.2, 0.25) is 0 Å². The number of hydrogen-bond acceptors (Lipinski definition) is 4. The van der Waals surface area contributed by atoms with Crippen LogP contribution < -0.4 is 10.3 Å². The number of methoxy groups -OCH3 is 1. The zero-order chi connectivity index (χ0) is 16.5. The lowest BCUT2D eigenvalue weighted by Crippen LogP contribution is -2.28. The largest absolute Gasteiger partial charge is 0.497 e. The fourth-order valence-corrected chi connectivity index (χ4v) is 3.21. The predicted molar refractivity (Wildman–Crippen MR) is 94.0 cm³/mol. The van der Waals surface area contributed by atoms with Crippen LogP contribution in [0.15, 0.2) is 52.4 Å². The number of aromatic nitrogens is 2. The molecule has 0 radical (unpaired) electrons. The van der Waals surface area contributed by atoms with E-state index in [0.29, 0.717) is 19.5 Å². The van der Waals surface area contributed by atoms with Crippen molar-refractivity contribution in [3.8, 4) is 5.75 Å². The third-order valence-electron chi connectivity index (χ3n) is 4.38. The van der Waals surface area contributed by atoms with Gasteiger partial charge in [-0.1, -0.05) is 12.1 Å². The van der Waals surface area contributed by atoms with Crippen LogP contribution in [0.4, 0.5) is 0 Å². The van der Waals surface area contributed by atoms with Crippen molar-refractivity contribution in [2.45, 2.75) is 19.5 Å². The second-order valence-corrected chi connectivity index (χ2v) is 5.80. The molecule has 5 heteroatoms. The van der Waals surface area contributed by atoms with E-state index in [1.165, 1.54) is 0 Å². The van der Waals surface area contributed by atoms with E-state index in [1.54, 1.807) is 17.9 Å². The van der Waals surface area contributed by atoms with Gasteiger partial charge in [-0.3, -0.25) is 14.4 Å². The van der Waals surface area contributed by atoms with Crippen LogP contribution in [0.3, 0.4) is 0 Å². The molecule has 1 aromatic carbocycles. The number of rotatable bonds is 3. The van der Waals surface area contributed by atoms with Gasteiger partial charge in [-0.05, 0) is 35.4 Å². The molecule has 3 heterocycles. The first-order valence-electron chi connectivity index (χ1n) is 7.88. The van der Waals surface area contributed by atoms with Gasteiger partial charge in [0, 0.05) is 29.8 Å². The molecule has 0 spiro atoms. The summed E-state index contributed by atoms with van der Waals surface area (Å²) < 4.78 is 7.02. The SMILES string of the molecule is COc1cccc(Cn2c(=O)c3c(c4cccnc42)CC=NC3)c1. The van der Waals surface area contributed by atoms with E-state index >= 15 is 0 Å². The van der Waals surface area contributed by atoms with Gasteiger partial charge < -0.3 is 4.74 Å². The van der Waals surface area contributed by atoms with E-state index in [0.717, 1.165) is 33.5 Å². The lowest BCUT2D eigenvalue weighted by Gasteiger charge is -2.17. The van der Waals surface area contributed by atoms with Gasteiger partial charge in [0.25, 0.3) is 5.56 Å². The Morgan fingerprint density at radius 1 is 1.21 bits per heavy atom. The summed E-state index contributed by atoms with van der Waals surface area (Å²) in [6, 6.07) is 11.7. The van der Waals surface area contributed by atoms with Crippen molar-refractivity contribution in [2.24, 2.45) is 4.99 Å². The summed E-state index contributed by atoms with van der Waals surface area (Å²) in [4.78, 5) is 21.8. The van der Waals surface area contributed by atoms with Gasteiger partial charge in [-0.15, -0.1) is 0 Å². The van der Waals surface area contributed by atoms with E-state index in [4.69, 9.17) is 4.74 Å². The van der Waals surface area contributed by atoms with E-state index in [9.17, 15) is 4.79 Å². The second kappa shape index (κ2) is 5.92. The molecule has 1 aliphatic heterocycles. The fraction of sp³-hybridized carbons (Fsp3) is 0.211. The molecule has 1 aliphatic rings. The Labute approximate surface area is 139 Å². The highest BCUT2D eigenvalue weighted by molar-refractivity contribution is 5.84. The fourth-order valence-electron chi connectivity index (χ4n) is 3.21. The van der Waals surface area contributed by atoms with Crippen LogP contribution in [0.5, 0.6) is 5.75 Å². The number of benzene rings is 1. The molecule has 0 unspecified atom stereocenters. The first-order chi connectivity index (χ1) is 11.8. The summed E-state index contributed by atoms with van der Waals surface area (Å²) in [7, 11) is 1.64. The quantitative estimate of drug-likeness (QED) is 0.745. The molecule has 24 heavy (non-hydrogen) atoms. The van der Waals surface area contributed by atoms with Crippen LogP contribution in [0.25, 0.3) is 11.0 Å². The van der Waals surface area contributed by atoms with Crippen LogP contribution in [0, 0.1) is 0 Å². The first-order valence-corrected chi connectivity index (χ1v) is 7.88. The van der Waals surface area contributed by atoms with Gasteiger partial charge in [0.2, 0.25) is 0 Å². The van der Waals surface area contributed by atoms with Crippen molar-refractivity contribution in [3.63, 3.8) is 0 Å². The smallest absolute Gasteiger partial charge is 0.257 e. The Bertz CT molecular complexity index is 1010. The monoisotopic (exact) mass is 319 g/mol. The van der Waals surface area contributed by atoms with Crippen molar-refractivity contribution in [1.29, 1.82) is 0 Å². The Hall–Kier alpha value is -2.95. The predicted octanol–water partition coefficient (Wildman–Crippen LogP) is 2.58. The molecule has 0 atom stereocenters. The minimum Gasteiger partial charge on any atom is -0.497 e. The zero-order valence-electron chi connectivity index (χ0n) is 13.4. The normalized spacial score (nSPS) is 13.0. The van der Waals surface area contributed by atoms with Crippen molar-refractivity contribution >= 4 is 17.2 Å². The minimum atomic E-state index is -0.00382. The molecule has 0 saturated carbocycles. The number of ether oxygens (including phenoxy) is 1. The Morgan fingerprint density at radius 2 is 2.12 bits per heavy atom. The molecule has 4 rings (SSSR count). The highest BCUT2D eigenvalue weighted by atomic mass is 16.5. The molecule has 0 fully saturated rings. The molecule has 2 aromatic heterocycles. The molecule has 3 aromatic rings. The Morgan fingerprint density at radius 3 is 3.00 bits per heavy atom. The third-order valence-corrected chi connectivity index (χ3v) is 4.38. The average Bonchev–Trinajstić information content (AvgIpc) is 2.65. The standard InChI is InChI=1S/C19H17N3O2/c1-24-14-5-2-4-13(10-14)12-22-18-16(6-3-8-21-18)15-7-9-20-11-17(15)19(22)23/h2-6,8-10H,7,11-12H2,1H3. The zero-order valence-corrected chi connectivity index (χ0v) is 13.4. The van der Waals surface area contributed by atoms with Crippen LogP contribution in [-0.4, -0.2) is 22.9 Å². The van der Waals surface area contributed by atoms with Gasteiger partial charge >= 0.3 is 0 Å². The van der Waals surface area contributed by atoms with Crippen molar-refractivity contribution < 1.29 is 4.74 Å². The lowest BCUT2D eigenvalue weighted by atomic mass is 10.00. The molecule has 120 valence electrons. The average molecular weight is 319 g/mol. The molecule has 0 saturated heterocycles. The Kier molecular flexibility index (Phi) is 3.61. The van der Waals surface area contributed by atoms with Crippen molar-refractivity contribution in [2.75, 3.05) is 7.11 Å². The van der Waals surface area contributed by atoms with E-state index in [1.807, 2.05) is 42.6 Å². The number of fused-ring (bicyclic) bond motifs is 3. The van der Waals surface area contributed by atoms with Gasteiger partial charge in [0.05, 0.1) is 20.2 Å². The maximum atomic E-state index is 13.0. The topological polar surface area (TPSA) is 56.5 Å². The van der Waals surface area contributed by atoms with E-state index < -0.39 is 0 Å². The van der Waals surface area contributed by atoms with Crippen LogP contribution >= 0.6 is 0 Å². The van der Waals surface area contributed by atoms with Gasteiger partial charge in [-0.2, -0.15) is 0 Å². The maximum absolute atomic E-state index is 13.0. The molecule has 0 amide bonds. The number of aliphatic imine (C=N–C) groups is 1. The molecule has 0 aliphatic carbocycles. The number of pyridine rings is 2. The molecule has 5 nitrogen and oxygen atoms in total. The lowest BCUT2D eigenvalue weighted by molar-refractivity contribution is 0.414. The molecular formula is C19H17N3O2. The highest BCUT2D eigenvalue weighted by Crippen LogP contribution is 2.22.